The SMILES string of the molecule is O=C(O)CN(CC1CC1)C1CC(NS(=O)(=O)c2ccc3ncsc3c2)C1. The molecular weight excluding hydrogens is 374 g/mol. The molecule has 0 radical (unpaired) electrons. The van der Waals surface area contributed by atoms with Gasteiger partial charge in [0.05, 0.1) is 27.2 Å². The lowest BCUT2D eigenvalue weighted by Gasteiger charge is -2.42. The molecule has 0 bridgehead atoms. The van der Waals surface area contributed by atoms with Crippen LogP contribution >= 0.6 is 11.3 Å². The number of aromatic nitrogens is 1. The Labute approximate surface area is 156 Å². The number of benzene rings is 1. The summed E-state index contributed by atoms with van der Waals surface area (Å²) in [6.45, 7) is 0.834. The molecule has 2 N–H and O–H groups in total. The van der Waals surface area contributed by atoms with Gasteiger partial charge >= 0.3 is 5.97 Å². The fourth-order valence-corrected chi connectivity index (χ4v) is 5.50. The quantitative estimate of drug-likeness (QED) is 0.708. The van der Waals surface area contributed by atoms with E-state index in [-0.39, 0.29) is 23.5 Å². The second kappa shape index (κ2) is 6.88. The summed E-state index contributed by atoms with van der Waals surface area (Å²) in [6.07, 6.45) is 3.64. The maximum Gasteiger partial charge on any atom is 0.317 e. The van der Waals surface area contributed by atoms with Crippen molar-refractivity contribution in [2.75, 3.05) is 13.1 Å². The van der Waals surface area contributed by atoms with Crippen molar-refractivity contribution in [2.45, 2.75) is 42.7 Å². The normalized spacial score (nSPS) is 23.3. The molecule has 0 saturated heterocycles. The largest absolute Gasteiger partial charge is 0.480 e. The number of sulfonamides is 1. The van der Waals surface area contributed by atoms with Gasteiger partial charge in [-0.1, -0.05) is 0 Å². The summed E-state index contributed by atoms with van der Waals surface area (Å²) in [5.74, 6) is -0.219. The van der Waals surface area contributed by atoms with E-state index in [9.17, 15) is 13.2 Å². The highest BCUT2D eigenvalue weighted by molar-refractivity contribution is 7.89. The minimum atomic E-state index is -3.58. The van der Waals surface area contributed by atoms with E-state index in [0.29, 0.717) is 18.8 Å². The highest BCUT2D eigenvalue weighted by Crippen LogP contribution is 2.34. The second-order valence-corrected chi connectivity index (χ2v) is 9.79. The van der Waals surface area contributed by atoms with Crippen LogP contribution in [0.4, 0.5) is 0 Å². The number of rotatable bonds is 8. The molecule has 2 saturated carbocycles. The lowest BCUT2D eigenvalue weighted by Crippen LogP contribution is -2.55. The summed E-state index contributed by atoms with van der Waals surface area (Å²) >= 11 is 1.41. The van der Waals surface area contributed by atoms with Crippen LogP contribution in [0, 0.1) is 5.92 Å². The zero-order valence-corrected chi connectivity index (χ0v) is 15.8. The van der Waals surface area contributed by atoms with E-state index in [1.165, 1.54) is 24.2 Å². The first kappa shape index (κ1) is 17.8. The van der Waals surface area contributed by atoms with Gasteiger partial charge in [-0.25, -0.2) is 18.1 Å². The molecule has 1 aromatic heterocycles. The number of carboxylic acid groups (broad SMARTS) is 1. The van der Waals surface area contributed by atoms with Gasteiger partial charge in [-0.3, -0.25) is 9.69 Å². The van der Waals surface area contributed by atoms with E-state index in [1.54, 1.807) is 23.7 Å². The smallest absolute Gasteiger partial charge is 0.317 e. The predicted octanol–water partition coefficient (Wildman–Crippen LogP) is 1.90. The van der Waals surface area contributed by atoms with Crippen molar-refractivity contribution in [1.29, 1.82) is 0 Å². The maximum atomic E-state index is 12.6. The van der Waals surface area contributed by atoms with E-state index in [1.807, 2.05) is 4.90 Å². The Balaban J connectivity index is 1.38. The van der Waals surface area contributed by atoms with Gasteiger partial charge in [-0.15, -0.1) is 11.3 Å². The van der Waals surface area contributed by atoms with Gasteiger partial charge in [0, 0.05) is 18.6 Å². The van der Waals surface area contributed by atoms with Crippen molar-refractivity contribution >= 4 is 37.5 Å². The van der Waals surface area contributed by atoms with Crippen LogP contribution < -0.4 is 4.72 Å². The van der Waals surface area contributed by atoms with Crippen molar-refractivity contribution in [3.05, 3.63) is 23.7 Å². The molecule has 1 heterocycles. The van der Waals surface area contributed by atoms with Crippen LogP contribution in [0.3, 0.4) is 0 Å². The molecule has 7 nitrogen and oxygen atoms in total. The topological polar surface area (TPSA) is 99.6 Å². The Hall–Kier alpha value is -1.55. The molecule has 0 amide bonds. The summed E-state index contributed by atoms with van der Waals surface area (Å²) in [6, 6.07) is 4.94. The number of hydrogen-bond donors (Lipinski definition) is 2. The Bertz CT molecular complexity index is 917. The molecule has 2 aromatic rings. The molecule has 2 fully saturated rings. The number of nitrogens with zero attached hydrogens (tertiary/aromatic N) is 2. The van der Waals surface area contributed by atoms with Crippen molar-refractivity contribution in [1.82, 2.24) is 14.6 Å². The average molecular weight is 396 g/mol. The first-order chi connectivity index (χ1) is 12.4. The van der Waals surface area contributed by atoms with E-state index >= 15 is 0 Å². The van der Waals surface area contributed by atoms with Gasteiger partial charge in [-0.2, -0.15) is 0 Å². The highest BCUT2D eigenvalue weighted by atomic mass is 32.2. The molecule has 0 aliphatic heterocycles. The predicted molar refractivity (Wildman–Crippen MR) is 98.7 cm³/mol. The molecular formula is C17H21N3O4S2. The van der Waals surface area contributed by atoms with E-state index < -0.39 is 16.0 Å². The standard InChI is InChI=1S/C17H21N3O4S2/c21-17(22)9-20(8-11-1-2-11)13-5-12(6-13)19-26(23,24)14-3-4-15-16(7-14)25-10-18-15/h3-4,7,10-13,19H,1-2,5-6,8-9H2,(H,21,22). The summed E-state index contributed by atoms with van der Waals surface area (Å²) in [5, 5.41) is 9.10. The molecule has 0 unspecified atom stereocenters. The Morgan fingerprint density at radius 3 is 2.81 bits per heavy atom. The van der Waals surface area contributed by atoms with Crippen LogP contribution in [-0.4, -0.2) is 54.6 Å². The zero-order chi connectivity index (χ0) is 18.3. The third-order valence-corrected chi connectivity index (χ3v) is 7.40. The van der Waals surface area contributed by atoms with Crippen LogP contribution in [0.15, 0.2) is 28.6 Å². The summed E-state index contributed by atoms with van der Waals surface area (Å²) in [5.41, 5.74) is 2.49. The molecule has 2 aliphatic carbocycles. The van der Waals surface area contributed by atoms with Gasteiger partial charge in [-0.05, 0) is 49.8 Å². The van der Waals surface area contributed by atoms with Crippen LogP contribution in [0.25, 0.3) is 10.2 Å². The highest BCUT2D eigenvalue weighted by Gasteiger charge is 2.38. The number of aliphatic carboxylic acids is 1. The van der Waals surface area contributed by atoms with Crippen LogP contribution in [-0.2, 0) is 14.8 Å². The lowest BCUT2D eigenvalue weighted by molar-refractivity contribution is -0.139. The maximum absolute atomic E-state index is 12.6. The molecule has 1 aromatic carbocycles. The molecule has 0 atom stereocenters. The molecule has 140 valence electrons. The second-order valence-electron chi connectivity index (χ2n) is 7.19. The van der Waals surface area contributed by atoms with Gasteiger partial charge in [0.1, 0.15) is 0 Å². The summed E-state index contributed by atoms with van der Waals surface area (Å²) in [7, 11) is -3.58. The fraction of sp³-hybridized carbons (Fsp3) is 0.529. The summed E-state index contributed by atoms with van der Waals surface area (Å²) < 4.78 is 28.8. The van der Waals surface area contributed by atoms with Crippen LogP contribution in [0.1, 0.15) is 25.7 Å². The number of hydrogen-bond acceptors (Lipinski definition) is 6. The Kier molecular flexibility index (Phi) is 4.72. The number of carbonyl (C=O) groups is 1. The van der Waals surface area contributed by atoms with E-state index in [4.69, 9.17) is 5.11 Å². The first-order valence-corrected chi connectivity index (χ1v) is 11.1. The van der Waals surface area contributed by atoms with E-state index in [0.717, 1.165) is 16.8 Å². The molecule has 0 spiro atoms. The van der Waals surface area contributed by atoms with Crippen LogP contribution in [0.5, 0.6) is 0 Å². The average Bonchev–Trinajstić information content (AvgIpc) is 3.22. The van der Waals surface area contributed by atoms with Gasteiger partial charge in [0.25, 0.3) is 0 Å². The van der Waals surface area contributed by atoms with Crippen LogP contribution in [0.2, 0.25) is 0 Å². The van der Waals surface area contributed by atoms with Crippen molar-refractivity contribution < 1.29 is 18.3 Å². The zero-order valence-electron chi connectivity index (χ0n) is 14.2. The molecule has 4 rings (SSSR count). The van der Waals surface area contributed by atoms with Crippen molar-refractivity contribution in [2.24, 2.45) is 5.92 Å². The number of nitrogens with one attached hydrogen (secondary N) is 1. The van der Waals surface area contributed by atoms with E-state index in [2.05, 4.69) is 9.71 Å². The first-order valence-electron chi connectivity index (χ1n) is 8.72. The molecule has 26 heavy (non-hydrogen) atoms. The lowest BCUT2D eigenvalue weighted by atomic mass is 9.86. The Morgan fingerprint density at radius 1 is 1.35 bits per heavy atom. The van der Waals surface area contributed by atoms with Gasteiger partial charge < -0.3 is 5.11 Å². The summed E-state index contributed by atoms with van der Waals surface area (Å²) in [4.78, 5) is 17.5. The monoisotopic (exact) mass is 395 g/mol. The minimum Gasteiger partial charge on any atom is -0.480 e. The van der Waals surface area contributed by atoms with Gasteiger partial charge in [0.15, 0.2) is 0 Å². The number of thiazole rings is 1. The minimum absolute atomic E-state index is 0.0304. The third kappa shape index (κ3) is 3.90. The number of carboxylic acids is 1. The molecule has 2 aliphatic rings. The third-order valence-electron chi connectivity index (χ3n) is 5.09. The fourth-order valence-electron chi connectivity index (χ4n) is 3.42. The Morgan fingerprint density at radius 2 is 2.12 bits per heavy atom. The molecule has 9 heteroatoms. The van der Waals surface area contributed by atoms with Crippen molar-refractivity contribution in [3.8, 4) is 0 Å². The van der Waals surface area contributed by atoms with Crippen molar-refractivity contribution in [3.63, 3.8) is 0 Å². The van der Waals surface area contributed by atoms with Gasteiger partial charge in [0.2, 0.25) is 10.0 Å². The number of fused-ring (bicyclic) bond motifs is 1.